The predicted molar refractivity (Wildman–Crippen MR) is 109 cm³/mol. The van der Waals surface area contributed by atoms with E-state index in [0.29, 0.717) is 11.6 Å². The van der Waals surface area contributed by atoms with Gasteiger partial charge in [-0.3, -0.25) is 14.4 Å². The van der Waals surface area contributed by atoms with Gasteiger partial charge < -0.3 is 0 Å². The highest BCUT2D eigenvalue weighted by Crippen LogP contribution is 2.20. The Balaban J connectivity index is 1.73. The summed E-state index contributed by atoms with van der Waals surface area (Å²) < 4.78 is 3.52. The van der Waals surface area contributed by atoms with Crippen LogP contribution in [0.15, 0.2) is 41.8 Å². The zero-order chi connectivity index (χ0) is 19.7. The SMILES string of the molecule is Cc1ccn(C(=O)c2cnc3c(cnn3C(C)C)c2)c(=NC2CCCCC2)c1. The fourth-order valence-electron chi connectivity index (χ4n) is 3.83. The van der Waals surface area contributed by atoms with E-state index in [0.717, 1.165) is 34.9 Å². The lowest BCUT2D eigenvalue weighted by Gasteiger charge is -2.18. The fraction of sp³-hybridized carbons (Fsp3) is 0.455. The van der Waals surface area contributed by atoms with Crippen molar-refractivity contribution in [2.75, 3.05) is 0 Å². The molecule has 3 heterocycles. The molecule has 1 fully saturated rings. The van der Waals surface area contributed by atoms with Crippen LogP contribution in [0.3, 0.4) is 0 Å². The Morgan fingerprint density at radius 2 is 1.96 bits per heavy atom. The van der Waals surface area contributed by atoms with E-state index in [4.69, 9.17) is 4.99 Å². The molecule has 0 aliphatic heterocycles. The molecule has 1 aliphatic carbocycles. The lowest BCUT2D eigenvalue weighted by atomic mass is 9.96. The maximum atomic E-state index is 13.2. The number of pyridine rings is 2. The summed E-state index contributed by atoms with van der Waals surface area (Å²) in [6, 6.07) is 6.34. The molecule has 0 radical (unpaired) electrons. The number of nitrogens with zero attached hydrogens (tertiary/aromatic N) is 5. The molecule has 0 unspecified atom stereocenters. The molecule has 4 rings (SSSR count). The first-order valence-corrected chi connectivity index (χ1v) is 10.1. The smallest absolute Gasteiger partial charge is 0.265 e. The molecule has 1 aliphatic rings. The molecule has 0 aromatic carbocycles. The molecule has 3 aromatic rings. The van der Waals surface area contributed by atoms with Crippen LogP contribution < -0.4 is 5.49 Å². The van der Waals surface area contributed by atoms with Crippen LogP contribution in [0.4, 0.5) is 0 Å². The average Bonchev–Trinajstić information content (AvgIpc) is 3.12. The maximum absolute atomic E-state index is 13.2. The van der Waals surface area contributed by atoms with Crippen molar-refractivity contribution >= 4 is 16.9 Å². The van der Waals surface area contributed by atoms with Crippen LogP contribution in [0.1, 0.15) is 67.9 Å². The quantitative estimate of drug-likeness (QED) is 0.692. The van der Waals surface area contributed by atoms with E-state index < -0.39 is 0 Å². The second-order valence-corrected chi connectivity index (χ2v) is 7.98. The van der Waals surface area contributed by atoms with Gasteiger partial charge in [0.05, 0.1) is 17.8 Å². The summed E-state index contributed by atoms with van der Waals surface area (Å²) in [5.74, 6) is -0.110. The monoisotopic (exact) mass is 377 g/mol. The summed E-state index contributed by atoms with van der Waals surface area (Å²) in [4.78, 5) is 22.7. The zero-order valence-corrected chi connectivity index (χ0v) is 16.8. The summed E-state index contributed by atoms with van der Waals surface area (Å²) in [5, 5.41) is 5.27. The molecular weight excluding hydrogens is 350 g/mol. The number of carbonyl (C=O) groups excluding carboxylic acids is 1. The number of fused-ring (bicyclic) bond motifs is 1. The van der Waals surface area contributed by atoms with Gasteiger partial charge in [0.25, 0.3) is 5.91 Å². The number of rotatable bonds is 3. The summed E-state index contributed by atoms with van der Waals surface area (Å²) >= 11 is 0. The van der Waals surface area contributed by atoms with Gasteiger partial charge in [0.1, 0.15) is 5.49 Å². The van der Waals surface area contributed by atoms with Crippen LogP contribution in [0, 0.1) is 6.92 Å². The molecule has 146 valence electrons. The van der Waals surface area contributed by atoms with Crippen LogP contribution in [0.5, 0.6) is 0 Å². The van der Waals surface area contributed by atoms with Crippen molar-refractivity contribution in [2.24, 2.45) is 4.99 Å². The first-order chi connectivity index (χ1) is 13.5. The van der Waals surface area contributed by atoms with Crippen molar-refractivity contribution in [3.8, 4) is 0 Å². The van der Waals surface area contributed by atoms with Gasteiger partial charge in [-0.15, -0.1) is 0 Å². The van der Waals surface area contributed by atoms with E-state index in [-0.39, 0.29) is 11.9 Å². The molecule has 0 atom stereocenters. The minimum Gasteiger partial charge on any atom is -0.268 e. The Hall–Kier alpha value is -2.76. The van der Waals surface area contributed by atoms with E-state index >= 15 is 0 Å². The molecule has 3 aromatic heterocycles. The average molecular weight is 377 g/mol. The summed E-state index contributed by atoms with van der Waals surface area (Å²) in [6.07, 6.45) is 11.2. The zero-order valence-electron chi connectivity index (χ0n) is 16.8. The Kier molecular flexibility index (Phi) is 5.11. The Morgan fingerprint density at radius 1 is 1.18 bits per heavy atom. The van der Waals surface area contributed by atoms with Crippen LogP contribution in [-0.4, -0.2) is 31.3 Å². The van der Waals surface area contributed by atoms with Gasteiger partial charge in [-0.1, -0.05) is 19.3 Å². The van der Waals surface area contributed by atoms with Crippen molar-refractivity contribution in [3.05, 3.63) is 53.4 Å². The first-order valence-electron chi connectivity index (χ1n) is 10.1. The van der Waals surface area contributed by atoms with Gasteiger partial charge in [-0.25, -0.2) is 9.67 Å². The van der Waals surface area contributed by atoms with Gasteiger partial charge in [0.15, 0.2) is 5.65 Å². The summed E-state index contributed by atoms with van der Waals surface area (Å²) in [5.41, 5.74) is 3.18. The number of hydrogen-bond donors (Lipinski definition) is 0. The number of carbonyl (C=O) groups is 1. The van der Waals surface area contributed by atoms with Crippen LogP contribution in [0.25, 0.3) is 11.0 Å². The summed E-state index contributed by atoms with van der Waals surface area (Å²) in [7, 11) is 0. The second kappa shape index (κ2) is 7.70. The van der Waals surface area contributed by atoms with E-state index in [1.54, 1.807) is 17.0 Å². The molecule has 0 bridgehead atoms. The standard InChI is InChI=1S/C22H27N5O/c1-15(2)27-21-17(14-24-27)12-18(13-23-21)22(28)26-10-9-16(3)11-20(26)25-19-7-5-4-6-8-19/h9-15,19H,4-8H2,1-3H3. The lowest BCUT2D eigenvalue weighted by Crippen LogP contribution is -2.30. The number of aromatic nitrogens is 4. The molecular formula is C22H27N5O. The molecule has 0 N–H and O–H groups in total. The predicted octanol–water partition coefficient (Wildman–Crippen LogP) is 4.04. The molecule has 0 saturated heterocycles. The van der Waals surface area contributed by atoms with Crippen molar-refractivity contribution in [2.45, 2.75) is 65.0 Å². The molecule has 0 amide bonds. The van der Waals surface area contributed by atoms with Crippen molar-refractivity contribution < 1.29 is 4.79 Å². The van der Waals surface area contributed by atoms with Gasteiger partial charge in [0.2, 0.25) is 0 Å². The van der Waals surface area contributed by atoms with Gasteiger partial charge in [0, 0.05) is 23.8 Å². The highest BCUT2D eigenvalue weighted by molar-refractivity contribution is 5.98. The van der Waals surface area contributed by atoms with Gasteiger partial charge in [-0.2, -0.15) is 5.10 Å². The fourth-order valence-corrected chi connectivity index (χ4v) is 3.83. The minimum absolute atomic E-state index is 0.110. The molecule has 28 heavy (non-hydrogen) atoms. The third-order valence-electron chi connectivity index (χ3n) is 5.37. The third kappa shape index (κ3) is 3.63. The van der Waals surface area contributed by atoms with Crippen molar-refractivity contribution in [1.29, 1.82) is 0 Å². The van der Waals surface area contributed by atoms with Crippen LogP contribution in [0.2, 0.25) is 0 Å². The van der Waals surface area contributed by atoms with Crippen LogP contribution in [-0.2, 0) is 0 Å². The Morgan fingerprint density at radius 3 is 2.71 bits per heavy atom. The Labute approximate surface area is 164 Å². The van der Waals surface area contributed by atoms with E-state index in [1.165, 1.54) is 19.3 Å². The largest absolute Gasteiger partial charge is 0.268 e. The molecule has 1 saturated carbocycles. The van der Waals surface area contributed by atoms with Crippen LogP contribution >= 0.6 is 0 Å². The molecule has 6 nitrogen and oxygen atoms in total. The minimum atomic E-state index is -0.110. The highest BCUT2D eigenvalue weighted by atomic mass is 16.2. The first kappa shape index (κ1) is 18.6. The third-order valence-corrected chi connectivity index (χ3v) is 5.37. The lowest BCUT2D eigenvalue weighted by molar-refractivity contribution is 0.0954. The van der Waals surface area contributed by atoms with Crippen molar-refractivity contribution in [3.63, 3.8) is 0 Å². The highest BCUT2D eigenvalue weighted by Gasteiger charge is 2.16. The van der Waals surface area contributed by atoms with E-state index in [9.17, 15) is 4.79 Å². The Bertz CT molecular complexity index is 1070. The van der Waals surface area contributed by atoms with E-state index in [2.05, 4.69) is 23.9 Å². The molecule has 6 heteroatoms. The van der Waals surface area contributed by atoms with Crippen molar-refractivity contribution in [1.82, 2.24) is 19.3 Å². The number of aryl methyl sites for hydroxylation is 1. The maximum Gasteiger partial charge on any atom is 0.265 e. The number of hydrogen-bond acceptors (Lipinski definition) is 4. The normalized spacial score (nSPS) is 16.2. The summed E-state index contributed by atoms with van der Waals surface area (Å²) in [6.45, 7) is 6.16. The topological polar surface area (TPSA) is 65.1 Å². The van der Waals surface area contributed by atoms with Gasteiger partial charge >= 0.3 is 0 Å². The second-order valence-electron chi connectivity index (χ2n) is 7.98. The van der Waals surface area contributed by atoms with Gasteiger partial charge in [-0.05, 0) is 57.4 Å². The molecule has 0 spiro atoms. The van der Waals surface area contributed by atoms with E-state index in [1.807, 2.05) is 36.0 Å².